The fourth-order valence-electron chi connectivity index (χ4n) is 5.21. The highest BCUT2D eigenvalue weighted by Gasteiger charge is 2.44. The molecule has 0 bridgehead atoms. The van der Waals surface area contributed by atoms with E-state index >= 15 is 0 Å². The molecule has 2 aromatic carbocycles. The molecule has 0 radical (unpaired) electrons. The Morgan fingerprint density at radius 2 is 1.87 bits per heavy atom. The number of amides is 2. The van der Waals surface area contributed by atoms with E-state index in [-0.39, 0.29) is 24.3 Å². The number of terminal acetylenes is 1. The molecular formula is C33H39F2N5O5S. The van der Waals surface area contributed by atoms with Crippen LogP contribution in [0.5, 0.6) is 0 Å². The zero-order valence-corrected chi connectivity index (χ0v) is 26.6. The summed E-state index contributed by atoms with van der Waals surface area (Å²) in [6.07, 6.45) is 9.46. The molecule has 10 nitrogen and oxygen atoms in total. The van der Waals surface area contributed by atoms with Crippen LogP contribution in [0.15, 0.2) is 54.9 Å². The zero-order valence-electron chi connectivity index (χ0n) is 25.8. The fraction of sp³-hybridized carbons (Fsp3) is 0.424. The highest BCUT2D eigenvalue weighted by molar-refractivity contribution is 7.91. The highest BCUT2D eigenvalue weighted by Crippen LogP contribution is 2.45. The number of sulfone groups is 1. The van der Waals surface area contributed by atoms with Gasteiger partial charge in [0.2, 0.25) is 5.91 Å². The van der Waals surface area contributed by atoms with Gasteiger partial charge in [-0.2, -0.15) is 9.78 Å². The lowest BCUT2D eigenvalue weighted by molar-refractivity contribution is -0.124. The molecule has 3 atom stereocenters. The van der Waals surface area contributed by atoms with E-state index in [1.165, 1.54) is 12.4 Å². The number of aromatic nitrogens is 2. The van der Waals surface area contributed by atoms with Gasteiger partial charge in [0, 0.05) is 29.9 Å². The summed E-state index contributed by atoms with van der Waals surface area (Å²) in [5, 5.41) is 23.7. The van der Waals surface area contributed by atoms with Crippen LogP contribution in [-0.4, -0.2) is 71.5 Å². The molecule has 0 saturated heterocycles. The third kappa shape index (κ3) is 9.45. The first kappa shape index (κ1) is 34.7. The first-order valence-corrected chi connectivity index (χ1v) is 16.9. The van der Waals surface area contributed by atoms with Crippen molar-refractivity contribution in [3.8, 4) is 12.3 Å². The second-order valence-electron chi connectivity index (χ2n) is 11.8. The quantitative estimate of drug-likeness (QED) is 0.185. The number of hydrogen-bond donors (Lipinski definition) is 4. The summed E-state index contributed by atoms with van der Waals surface area (Å²) in [6.45, 7) is 3.51. The van der Waals surface area contributed by atoms with E-state index in [0.29, 0.717) is 30.0 Å². The van der Waals surface area contributed by atoms with Gasteiger partial charge in [-0.25, -0.2) is 22.0 Å². The summed E-state index contributed by atoms with van der Waals surface area (Å²) >= 11 is 0. The SMILES string of the molecule is C#Cc1cccc(C2(NC[C@@H](O)C(Cc3cc(F)cc(F)c3)NC(=O)[C@@H](CS(=O)(=O)CCCC)NC(=O)n3cc(C)cn3)CC2)c1. The van der Waals surface area contributed by atoms with Gasteiger partial charge in [-0.1, -0.05) is 31.4 Å². The molecule has 2 amide bonds. The number of hydrogen-bond acceptors (Lipinski definition) is 7. The first-order chi connectivity index (χ1) is 21.8. The zero-order chi connectivity index (χ0) is 33.5. The van der Waals surface area contributed by atoms with Crippen LogP contribution in [0.4, 0.5) is 13.6 Å². The molecule has 4 N–H and O–H groups in total. The number of halogens is 2. The van der Waals surface area contributed by atoms with E-state index in [4.69, 9.17) is 6.42 Å². The summed E-state index contributed by atoms with van der Waals surface area (Å²) < 4.78 is 54.9. The van der Waals surface area contributed by atoms with Crippen LogP contribution in [0.3, 0.4) is 0 Å². The summed E-state index contributed by atoms with van der Waals surface area (Å²) in [6, 6.07) is 6.85. The van der Waals surface area contributed by atoms with Gasteiger partial charge in [-0.3, -0.25) is 4.79 Å². The Balaban J connectivity index is 1.57. The molecule has 246 valence electrons. The summed E-state index contributed by atoms with van der Waals surface area (Å²) in [5.41, 5.74) is 2.03. The molecule has 13 heteroatoms. The minimum Gasteiger partial charge on any atom is -0.390 e. The standard InChI is InChI=1S/C33H39F2N5O5S/c1-4-6-12-46(44,45)21-29(39-32(43)40-20-22(3)18-37-40)31(42)38-28(16-24-14-26(34)17-27(35)15-24)30(41)19-36-33(10-11-33)25-9-7-8-23(5-2)13-25/h2,7-9,13-15,17-18,20,28-30,36,41H,4,6,10-12,16,19,21H2,1,3H3,(H,38,42)(H,39,43)/t28?,29-,30-/m1/s1. The molecule has 0 aliphatic heterocycles. The Hall–Kier alpha value is -4.12. The van der Waals surface area contributed by atoms with Gasteiger partial charge in [0.1, 0.15) is 17.7 Å². The van der Waals surface area contributed by atoms with Crippen molar-refractivity contribution >= 4 is 21.8 Å². The van der Waals surface area contributed by atoms with Crippen molar-refractivity contribution in [1.29, 1.82) is 0 Å². The van der Waals surface area contributed by atoms with E-state index < -0.39 is 62.9 Å². The van der Waals surface area contributed by atoms with E-state index in [0.717, 1.165) is 35.2 Å². The Morgan fingerprint density at radius 1 is 1.15 bits per heavy atom. The van der Waals surface area contributed by atoms with E-state index in [1.54, 1.807) is 6.92 Å². The summed E-state index contributed by atoms with van der Waals surface area (Å²) in [4.78, 5) is 26.6. The Kier molecular flexibility index (Phi) is 11.3. The number of unbranched alkanes of at least 4 members (excludes halogenated alkanes) is 1. The van der Waals surface area contributed by atoms with Crippen molar-refractivity contribution in [3.05, 3.63) is 88.7 Å². The number of benzene rings is 2. The second-order valence-corrected chi connectivity index (χ2v) is 14.0. The smallest absolute Gasteiger partial charge is 0.342 e. The predicted molar refractivity (Wildman–Crippen MR) is 170 cm³/mol. The van der Waals surface area contributed by atoms with Crippen LogP contribution in [0.2, 0.25) is 0 Å². The number of nitrogens with zero attached hydrogens (tertiary/aromatic N) is 2. The highest BCUT2D eigenvalue weighted by atomic mass is 32.2. The van der Waals surface area contributed by atoms with Crippen LogP contribution in [-0.2, 0) is 26.6 Å². The van der Waals surface area contributed by atoms with E-state index in [9.17, 15) is 31.9 Å². The monoisotopic (exact) mass is 655 g/mol. The number of aryl methyl sites for hydroxylation is 1. The molecule has 3 aromatic rings. The maximum atomic E-state index is 14.1. The molecule has 1 saturated carbocycles. The molecular weight excluding hydrogens is 616 g/mol. The Labute approximate surface area is 267 Å². The maximum Gasteiger partial charge on any atom is 0.342 e. The van der Waals surface area contributed by atoms with Gasteiger partial charge in [0.15, 0.2) is 9.84 Å². The number of carbonyl (C=O) groups is 2. The van der Waals surface area contributed by atoms with Gasteiger partial charge in [-0.05, 0) is 73.6 Å². The largest absolute Gasteiger partial charge is 0.390 e. The topological polar surface area (TPSA) is 142 Å². The van der Waals surface area contributed by atoms with Crippen molar-refractivity contribution in [2.24, 2.45) is 0 Å². The molecule has 1 heterocycles. The lowest BCUT2D eigenvalue weighted by Crippen LogP contribution is -2.57. The van der Waals surface area contributed by atoms with Gasteiger partial charge >= 0.3 is 6.03 Å². The number of nitrogens with one attached hydrogen (secondary N) is 3. The van der Waals surface area contributed by atoms with Crippen molar-refractivity contribution in [3.63, 3.8) is 0 Å². The van der Waals surface area contributed by atoms with Gasteiger partial charge in [0.05, 0.1) is 29.8 Å². The van der Waals surface area contributed by atoms with Crippen molar-refractivity contribution in [2.75, 3.05) is 18.1 Å². The van der Waals surface area contributed by atoms with E-state index in [1.807, 2.05) is 31.2 Å². The van der Waals surface area contributed by atoms with E-state index in [2.05, 4.69) is 27.0 Å². The molecule has 1 aliphatic rings. The molecule has 46 heavy (non-hydrogen) atoms. The fourth-order valence-corrected chi connectivity index (χ4v) is 6.85. The average molecular weight is 656 g/mol. The van der Waals surface area contributed by atoms with Crippen LogP contribution in [0.25, 0.3) is 0 Å². The number of aliphatic hydroxyl groups is 1. The lowest BCUT2D eigenvalue weighted by Gasteiger charge is -2.29. The molecule has 1 fully saturated rings. The predicted octanol–water partition coefficient (Wildman–Crippen LogP) is 2.96. The Morgan fingerprint density at radius 3 is 2.48 bits per heavy atom. The third-order valence-corrected chi connectivity index (χ3v) is 9.67. The number of rotatable bonds is 15. The van der Waals surface area contributed by atoms with Crippen molar-refractivity contribution in [1.82, 2.24) is 25.7 Å². The van der Waals surface area contributed by atoms with Crippen molar-refractivity contribution < 1.29 is 31.9 Å². The van der Waals surface area contributed by atoms with Crippen LogP contribution in [0.1, 0.15) is 54.9 Å². The van der Waals surface area contributed by atoms with Crippen LogP contribution >= 0.6 is 0 Å². The second kappa shape index (κ2) is 15.0. The molecule has 1 unspecified atom stereocenters. The lowest BCUT2D eigenvalue weighted by atomic mass is 9.98. The van der Waals surface area contributed by atoms with Crippen LogP contribution in [0, 0.1) is 30.9 Å². The minimum atomic E-state index is -3.79. The number of aliphatic hydroxyl groups excluding tert-OH is 1. The van der Waals surface area contributed by atoms with Gasteiger partial charge in [0.25, 0.3) is 0 Å². The molecule has 0 spiro atoms. The first-order valence-electron chi connectivity index (χ1n) is 15.1. The van der Waals surface area contributed by atoms with Crippen LogP contribution < -0.4 is 16.0 Å². The maximum absolute atomic E-state index is 14.1. The minimum absolute atomic E-state index is 0.0264. The third-order valence-electron chi connectivity index (χ3n) is 7.91. The summed E-state index contributed by atoms with van der Waals surface area (Å²) in [5.74, 6) is -0.836. The van der Waals surface area contributed by atoms with Gasteiger partial charge < -0.3 is 21.1 Å². The van der Waals surface area contributed by atoms with Gasteiger partial charge in [-0.15, -0.1) is 6.42 Å². The van der Waals surface area contributed by atoms with Crippen molar-refractivity contribution in [2.45, 2.75) is 69.7 Å². The normalized spacial score (nSPS) is 15.7. The Bertz CT molecular complexity index is 1680. The molecule has 1 aliphatic carbocycles. The molecule has 1 aromatic heterocycles. The molecule has 4 rings (SSSR count). The number of carbonyl (C=O) groups excluding carboxylic acids is 2. The average Bonchev–Trinajstić information content (AvgIpc) is 3.68. The summed E-state index contributed by atoms with van der Waals surface area (Å²) in [7, 11) is -3.79.